The fraction of sp³-hybridized carbons (Fsp3) is 0.526. The number of carbonyl (C=O) groups is 3. The van der Waals surface area contributed by atoms with E-state index in [1.807, 2.05) is 0 Å². The summed E-state index contributed by atoms with van der Waals surface area (Å²) in [6, 6.07) is 0. The molecule has 0 aromatic rings. The summed E-state index contributed by atoms with van der Waals surface area (Å²) in [5.74, 6) is -5.59. The Bertz CT molecular complexity index is 579. The van der Waals surface area contributed by atoms with Crippen LogP contribution in [-0.4, -0.2) is 77.5 Å². The third kappa shape index (κ3) is 9.29. The molecule has 0 amide bonds. The second-order valence-corrected chi connectivity index (χ2v) is 5.69. The van der Waals surface area contributed by atoms with Gasteiger partial charge in [-0.2, -0.15) is 0 Å². The summed E-state index contributed by atoms with van der Waals surface area (Å²) in [4.78, 5) is 35.3. The van der Waals surface area contributed by atoms with Gasteiger partial charge in [0.05, 0.1) is 13.2 Å². The average molecular weight is 432 g/mol. The van der Waals surface area contributed by atoms with Crippen molar-refractivity contribution in [1.29, 1.82) is 0 Å². The Kier molecular flexibility index (Phi) is 13.2. The van der Waals surface area contributed by atoms with Gasteiger partial charge in [0.25, 0.3) is 6.48 Å². The number of ether oxygens (including phenoxy) is 5. The van der Waals surface area contributed by atoms with Gasteiger partial charge in [-0.3, -0.25) is 0 Å². The van der Waals surface area contributed by atoms with Crippen LogP contribution in [-0.2, 0) is 38.1 Å². The quantitative estimate of drug-likeness (QED) is 0.127. The van der Waals surface area contributed by atoms with Gasteiger partial charge < -0.3 is 39.0 Å². The van der Waals surface area contributed by atoms with E-state index in [4.69, 9.17) is 28.8 Å². The molecular formula is C19H28O11. The molecule has 0 heterocycles. The van der Waals surface area contributed by atoms with Crippen molar-refractivity contribution in [2.24, 2.45) is 0 Å². The smallest absolute Gasteiger partial charge is 0.333 e. The molecule has 3 atom stereocenters. The topological polar surface area (TPSA) is 158 Å². The minimum absolute atomic E-state index is 0.0204. The number of rotatable bonds is 16. The van der Waals surface area contributed by atoms with Crippen LogP contribution < -0.4 is 0 Å². The highest BCUT2D eigenvalue weighted by Crippen LogP contribution is 2.29. The molecule has 0 spiro atoms. The Labute approximate surface area is 174 Å². The van der Waals surface area contributed by atoms with Gasteiger partial charge in [0.1, 0.15) is 6.10 Å². The molecule has 0 saturated carbocycles. The molecule has 0 aromatic heterocycles. The van der Waals surface area contributed by atoms with Crippen molar-refractivity contribution in [2.75, 3.05) is 19.8 Å². The Morgan fingerprint density at radius 2 is 1.43 bits per heavy atom. The van der Waals surface area contributed by atoms with Gasteiger partial charge in [0, 0.05) is 31.3 Å². The van der Waals surface area contributed by atoms with E-state index in [1.54, 1.807) is 0 Å². The van der Waals surface area contributed by atoms with Gasteiger partial charge in [0.2, 0.25) is 0 Å². The number of esters is 3. The third-order valence-corrected chi connectivity index (χ3v) is 3.56. The van der Waals surface area contributed by atoms with Crippen LogP contribution in [0.4, 0.5) is 0 Å². The molecule has 0 aliphatic carbocycles. The van der Waals surface area contributed by atoms with E-state index in [0.717, 1.165) is 18.2 Å². The first-order valence-corrected chi connectivity index (χ1v) is 8.90. The van der Waals surface area contributed by atoms with Crippen LogP contribution in [0.2, 0.25) is 0 Å². The summed E-state index contributed by atoms with van der Waals surface area (Å²) in [6.45, 7) is 8.78. The Hall–Kier alpha value is -2.57. The summed E-state index contributed by atoms with van der Waals surface area (Å²) in [5.41, 5.74) is 0. The fourth-order valence-corrected chi connectivity index (χ4v) is 2.07. The van der Waals surface area contributed by atoms with E-state index in [-0.39, 0.29) is 32.7 Å². The minimum atomic E-state index is -2.48. The van der Waals surface area contributed by atoms with E-state index < -0.39 is 42.4 Å². The first kappa shape index (κ1) is 27.4. The van der Waals surface area contributed by atoms with Crippen LogP contribution in [0.5, 0.6) is 0 Å². The molecule has 11 heteroatoms. The van der Waals surface area contributed by atoms with Gasteiger partial charge in [-0.15, -0.1) is 0 Å². The molecule has 0 aliphatic rings. The van der Waals surface area contributed by atoms with Crippen LogP contribution in [0.3, 0.4) is 0 Å². The molecule has 0 bridgehead atoms. The van der Waals surface area contributed by atoms with Crippen molar-refractivity contribution in [3.8, 4) is 0 Å². The summed E-state index contributed by atoms with van der Waals surface area (Å²) >= 11 is 0. The SMILES string of the molecule is C=CC(=O)OC(C)C(OC(=O)C=C)(OC(=O)C=C)C(O)CCOC(O)OCCCO. The highest BCUT2D eigenvalue weighted by molar-refractivity contribution is 5.84. The van der Waals surface area contributed by atoms with Gasteiger partial charge in [0.15, 0.2) is 6.10 Å². The molecule has 0 radical (unpaired) electrons. The summed E-state index contributed by atoms with van der Waals surface area (Å²) in [7, 11) is 0. The summed E-state index contributed by atoms with van der Waals surface area (Å²) < 4.78 is 24.9. The third-order valence-electron chi connectivity index (χ3n) is 3.56. The van der Waals surface area contributed by atoms with Gasteiger partial charge >= 0.3 is 23.7 Å². The lowest BCUT2D eigenvalue weighted by Gasteiger charge is -2.39. The zero-order valence-electron chi connectivity index (χ0n) is 16.7. The normalized spacial score (nSPS) is 14.0. The van der Waals surface area contributed by atoms with Gasteiger partial charge in [-0.25, -0.2) is 14.4 Å². The van der Waals surface area contributed by atoms with Gasteiger partial charge in [-0.1, -0.05) is 19.7 Å². The largest absolute Gasteiger partial charge is 0.451 e. The lowest BCUT2D eigenvalue weighted by atomic mass is 10.0. The van der Waals surface area contributed by atoms with Crippen LogP contribution in [0, 0.1) is 0 Å². The average Bonchev–Trinajstić information content (AvgIpc) is 2.72. The fourth-order valence-electron chi connectivity index (χ4n) is 2.07. The van der Waals surface area contributed by atoms with Crippen molar-refractivity contribution < 1.29 is 53.4 Å². The Morgan fingerprint density at radius 3 is 1.90 bits per heavy atom. The Morgan fingerprint density at radius 1 is 0.933 bits per heavy atom. The molecular weight excluding hydrogens is 404 g/mol. The second kappa shape index (κ2) is 14.4. The number of carbonyl (C=O) groups excluding carboxylic acids is 3. The van der Waals surface area contributed by atoms with E-state index in [2.05, 4.69) is 19.7 Å². The van der Waals surface area contributed by atoms with Crippen LogP contribution in [0.1, 0.15) is 19.8 Å². The molecule has 3 N–H and O–H groups in total. The molecule has 0 saturated heterocycles. The van der Waals surface area contributed by atoms with Gasteiger partial charge in [-0.05, 0) is 13.3 Å². The van der Waals surface area contributed by atoms with Crippen molar-refractivity contribution in [3.63, 3.8) is 0 Å². The van der Waals surface area contributed by atoms with Crippen molar-refractivity contribution in [2.45, 2.75) is 44.2 Å². The number of aliphatic hydroxyl groups is 3. The molecule has 0 aliphatic heterocycles. The Balaban J connectivity index is 5.51. The highest BCUT2D eigenvalue weighted by atomic mass is 16.8. The molecule has 30 heavy (non-hydrogen) atoms. The monoisotopic (exact) mass is 432 g/mol. The van der Waals surface area contributed by atoms with Crippen LogP contribution >= 0.6 is 0 Å². The minimum Gasteiger partial charge on any atom is -0.451 e. The van der Waals surface area contributed by atoms with E-state index in [1.165, 1.54) is 6.92 Å². The van der Waals surface area contributed by atoms with E-state index in [9.17, 15) is 24.6 Å². The maximum Gasteiger partial charge on any atom is 0.333 e. The maximum absolute atomic E-state index is 11.8. The predicted molar refractivity (Wildman–Crippen MR) is 101 cm³/mol. The second-order valence-electron chi connectivity index (χ2n) is 5.69. The number of hydrogen-bond acceptors (Lipinski definition) is 11. The highest BCUT2D eigenvalue weighted by Gasteiger charge is 2.52. The van der Waals surface area contributed by atoms with Crippen molar-refractivity contribution >= 4 is 17.9 Å². The van der Waals surface area contributed by atoms with Crippen molar-refractivity contribution in [3.05, 3.63) is 38.0 Å². The summed E-state index contributed by atoms with van der Waals surface area (Å²) in [5, 5.41) is 28.8. The van der Waals surface area contributed by atoms with Crippen LogP contribution in [0.15, 0.2) is 38.0 Å². The predicted octanol–water partition coefficient (Wildman–Crippen LogP) is -0.299. The molecule has 0 aromatic carbocycles. The lowest BCUT2D eigenvalue weighted by Crippen LogP contribution is -2.58. The summed E-state index contributed by atoms with van der Waals surface area (Å²) in [6.07, 6.45) is -1.03. The standard InChI is InChI=1S/C19H28O11/c1-5-15(22)28-13(4)19(29-16(23)6-2,30-17(24)7-3)14(21)9-12-27-18(25)26-11-8-10-20/h5-7,13-14,18,20-21,25H,1-3,8-12H2,4H3. The van der Waals surface area contributed by atoms with E-state index >= 15 is 0 Å². The lowest BCUT2D eigenvalue weighted by molar-refractivity contribution is -0.299. The maximum atomic E-state index is 11.8. The molecule has 3 unspecified atom stereocenters. The number of hydrogen-bond donors (Lipinski definition) is 3. The zero-order valence-corrected chi connectivity index (χ0v) is 16.7. The van der Waals surface area contributed by atoms with E-state index in [0.29, 0.717) is 0 Å². The molecule has 11 nitrogen and oxygen atoms in total. The molecule has 0 fully saturated rings. The van der Waals surface area contributed by atoms with Crippen LogP contribution in [0.25, 0.3) is 0 Å². The first-order chi connectivity index (χ1) is 14.2. The molecule has 0 rings (SSSR count). The first-order valence-electron chi connectivity index (χ1n) is 8.90. The number of aliphatic hydroxyl groups excluding tert-OH is 3. The zero-order chi connectivity index (χ0) is 23.2. The molecule has 170 valence electrons. The van der Waals surface area contributed by atoms with Crippen molar-refractivity contribution in [1.82, 2.24) is 0 Å².